The molecule has 2 fully saturated rings. The molecule has 0 aromatic carbocycles. The number of nitrogens with two attached hydrogens (primary N) is 1. The summed E-state index contributed by atoms with van der Waals surface area (Å²) in [6.45, 7) is -0.488. The maximum absolute atomic E-state index is 12.3. The average molecular weight is 290 g/mol. The molecule has 1 aliphatic carbocycles. The predicted molar refractivity (Wildman–Crippen MR) is 67.2 cm³/mol. The van der Waals surface area contributed by atoms with Gasteiger partial charge in [0.1, 0.15) is 6.54 Å². The van der Waals surface area contributed by atoms with Crippen LogP contribution in [0, 0.1) is 0 Å². The molecule has 2 rings (SSSR count). The van der Waals surface area contributed by atoms with E-state index in [2.05, 4.69) is 0 Å². The van der Waals surface area contributed by atoms with Gasteiger partial charge in [-0.05, 0) is 25.7 Å². The van der Waals surface area contributed by atoms with Crippen LogP contribution >= 0.6 is 0 Å². The second kappa shape index (κ2) is 4.75. The number of nitrogens with zero attached hydrogens (tertiary/aromatic N) is 1. The highest BCUT2D eigenvalue weighted by molar-refractivity contribution is 7.91. The minimum absolute atomic E-state index is 0.00135. The predicted octanol–water partition coefficient (Wildman–Crippen LogP) is -1.03. The highest BCUT2D eigenvalue weighted by Gasteiger charge is 2.46. The van der Waals surface area contributed by atoms with Gasteiger partial charge in [-0.1, -0.05) is 0 Å². The van der Waals surface area contributed by atoms with Gasteiger partial charge in [0.2, 0.25) is 5.91 Å². The van der Waals surface area contributed by atoms with Crippen LogP contribution in [0.5, 0.6) is 0 Å². The Balaban J connectivity index is 2.16. The van der Waals surface area contributed by atoms with E-state index in [0.717, 1.165) is 11.3 Å². The maximum Gasteiger partial charge on any atom is 0.323 e. The molecule has 1 heterocycles. The van der Waals surface area contributed by atoms with Crippen LogP contribution in [0.4, 0.5) is 0 Å². The molecule has 108 valence electrons. The summed E-state index contributed by atoms with van der Waals surface area (Å²) in [7, 11) is -3.17. The molecule has 1 amide bonds. The number of carbonyl (C=O) groups excluding carboxylic acids is 1. The van der Waals surface area contributed by atoms with Crippen molar-refractivity contribution < 1.29 is 23.1 Å². The Labute approximate surface area is 111 Å². The number of hydrogen-bond donors (Lipinski definition) is 2. The average Bonchev–Trinajstić information content (AvgIpc) is 2.62. The van der Waals surface area contributed by atoms with Gasteiger partial charge in [-0.15, -0.1) is 0 Å². The number of amides is 1. The molecular weight excluding hydrogens is 272 g/mol. The minimum atomic E-state index is -3.17. The standard InChI is InChI=1S/C11H18N2O5S/c12-11(3-1-4-11)10(16)13(6-9(14)15)8-2-5-19(17,18)7-8/h8H,1-7,12H2,(H,14,15). The topological polar surface area (TPSA) is 118 Å². The lowest BCUT2D eigenvalue weighted by molar-refractivity contribution is -0.150. The monoisotopic (exact) mass is 290 g/mol. The summed E-state index contributed by atoms with van der Waals surface area (Å²) in [5.41, 5.74) is 4.93. The van der Waals surface area contributed by atoms with Gasteiger partial charge in [-0.2, -0.15) is 0 Å². The first-order valence-corrected chi connectivity index (χ1v) is 8.08. The zero-order valence-corrected chi connectivity index (χ0v) is 11.4. The molecule has 19 heavy (non-hydrogen) atoms. The van der Waals surface area contributed by atoms with E-state index in [1.54, 1.807) is 0 Å². The summed E-state index contributed by atoms with van der Waals surface area (Å²) in [6.07, 6.45) is 2.19. The van der Waals surface area contributed by atoms with Crippen molar-refractivity contribution in [3.63, 3.8) is 0 Å². The Morgan fingerprint density at radius 3 is 2.37 bits per heavy atom. The van der Waals surface area contributed by atoms with Crippen LogP contribution in [0.1, 0.15) is 25.7 Å². The summed E-state index contributed by atoms with van der Waals surface area (Å²) < 4.78 is 22.9. The minimum Gasteiger partial charge on any atom is -0.480 e. The van der Waals surface area contributed by atoms with Gasteiger partial charge in [-0.25, -0.2) is 8.42 Å². The van der Waals surface area contributed by atoms with Gasteiger partial charge in [0.15, 0.2) is 9.84 Å². The van der Waals surface area contributed by atoms with Crippen molar-refractivity contribution in [3.05, 3.63) is 0 Å². The third-order valence-corrected chi connectivity index (χ3v) is 5.64. The van der Waals surface area contributed by atoms with Crippen LogP contribution in [-0.2, 0) is 19.4 Å². The number of rotatable bonds is 4. The summed E-state index contributed by atoms with van der Waals surface area (Å²) in [5.74, 6) is -1.75. The quantitative estimate of drug-likeness (QED) is 0.683. The van der Waals surface area contributed by atoms with E-state index in [1.165, 1.54) is 0 Å². The molecule has 8 heteroatoms. The van der Waals surface area contributed by atoms with E-state index in [-0.39, 0.29) is 17.9 Å². The highest BCUT2D eigenvalue weighted by atomic mass is 32.2. The van der Waals surface area contributed by atoms with Crippen molar-refractivity contribution in [2.45, 2.75) is 37.3 Å². The van der Waals surface area contributed by atoms with Crippen molar-refractivity contribution in [1.29, 1.82) is 0 Å². The van der Waals surface area contributed by atoms with E-state index in [1.807, 2.05) is 0 Å². The van der Waals surface area contributed by atoms with Crippen molar-refractivity contribution in [2.75, 3.05) is 18.1 Å². The second-order valence-electron chi connectivity index (χ2n) is 5.39. The molecule has 0 aromatic rings. The Kier molecular flexibility index (Phi) is 3.57. The Bertz CT molecular complexity index is 497. The van der Waals surface area contributed by atoms with Crippen molar-refractivity contribution in [1.82, 2.24) is 4.90 Å². The Morgan fingerprint density at radius 2 is 2.00 bits per heavy atom. The number of carboxylic acids is 1. The third kappa shape index (κ3) is 2.89. The number of hydrogen-bond acceptors (Lipinski definition) is 5. The van der Waals surface area contributed by atoms with Crippen LogP contribution in [0.2, 0.25) is 0 Å². The van der Waals surface area contributed by atoms with Crippen LogP contribution in [0.3, 0.4) is 0 Å². The van der Waals surface area contributed by atoms with E-state index < -0.39 is 39.8 Å². The number of carbonyl (C=O) groups is 2. The molecule has 0 radical (unpaired) electrons. The van der Waals surface area contributed by atoms with Gasteiger partial charge in [-0.3, -0.25) is 9.59 Å². The van der Waals surface area contributed by atoms with Crippen molar-refractivity contribution in [3.8, 4) is 0 Å². The lowest BCUT2D eigenvalue weighted by Gasteiger charge is -2.41. The van der Waals surface area contributed by atoms with Crippen molar-refractivity contribution in [2.24, 2.45) is 5.73 Å². The molecule has 1 aliphatic heterocycles. The molecule has 0 spiro atoms. The molecule has 1 saturated carbocycles. The van der Waals surface area contributed by atoms with E-state index >= 15 is 0 Å². The fraction of sp³-hybridized carbons (Fsp3) is 0.818. The van der Waals surface area contributed by atoms with Crippen LogP contribution in [0.15, 0.2) is 0 Å². The zero-order valence-electron chi connectivity index (χ0n) is 10.5. The molecule has 0 bridgehead atoms. The molecule has 7 nitrogen and oxygen atoms in total. The first-order chi connectivity index (χ1) is 8.73. The van der Waals surface area contributed by atoms with E-state index in [4.69, 9.17) is 10.8 Å². The van der Waals surface area contributed by atoms with Crippen LogP contribution in [-0.4, -0.2) is 59.9 Å². The fourth-order valence-corrected chi connectivity index (χ4v) is 4.32. The molecule has 1 atom stereocenters. The first-order valence-electron chi connectivity index (χ1n) is 6.26. The van der Waals surface area contributed by atoms with E-state index in [9.17, 15) is 18.0 Å². The van der Waals surface area contributed by atoms with Gasteiger partial charge < -0.3 is 15.7 Å². The van der Waals surface area contributed by atoms with Gasteiger partial charge in [0, 0.05) is 6.04 Å². The van der Waals surface area contributed by atoms with Crippen LogP contribution in [0.25, 0.3) is 0 Å². The molecule has 1 unspecified atom stereocenters. The largest absolute Gasteiger partial charge is 0.480 e. The maximum atomic E-state index is 12.3. The van der Waals surface area contributed by atoms with Gasteiger partial charge >= 0.3 is 5.97 Å². The number of aliphatic carboxylic acids is 1. The van der Waals surface area contributed by atoms with Gasteiger partial charge in [0.25, 0.3) is 0 Å². The van der Waals surface area contributed by atoms with Crippen LogP contribution < -0.4 is 5.73 Å². The van der Waals surface area contributed by atoms with Crippen molar-refractivity contribution >= 4 is 21.7 Å². The molecular formula is C11H18N2O5S. The number of carboxylic acid groups (broad SMARTS) is 1. The molecule has 3 N–H and O–H groups in total. The summed E-state index contributed by atoms with van der Waals surface area (Å²) in [5, 5.41) is 8.90. The second-order valence-corrected chi connectivity index (χ2v) is 7.62. The first kappa shape index (κ1) is 14.3. The SMILES string of the molecule is NC1(C(=O)N(CC(=O)O)C2CCS(=O)(=O)C2)CCC1. The molecule has 0 aromatic heterocycles. The third-order valence-electron chi connectivity index (χ3n) is 3.89. The number of sulfone groups is 1. The zero-order chi connectivity index (χ0) is 14.3. The lowest BCUT2D eigenvalue weighted by Crippen LogP contribution is -2.62. The normalized spacial score (nSPS) is 27.5. The smallest absolute Gasteiger partial charge is 0.323 e. The summed E-state index contributed by atoms with van der Waals surface area (Å²) in [4.78, 5) is 24.3. The Morgan fingerprint density at radius 1 is 1.37 bits per heavy atom. The highest BCUT2D eigenvalue weighted by Crippen LogP contribution is 2.32. The lowest BCUT2D eigenvalue weighted by atomic mass is 9.76. The fourth-order valence-electron chi connectivity index (χ4n) is 2.59. The molecule has 1 saturated heterocycles. The van der Waals surface area contributed by atoms with Gasteiger partial charge in [0.05, 0.1) is 17.0 Å². The van der Waals surface area contributed by atoms with E-state index in [0.29, 0.717) is 12.8 Å². The Hall–Kier alpha value is -1.15. The molecule has 2 aliphatic rings. The summed E-state index contributed by atoms with van der Waals surface area (Å²) >= 11 is 0. The summed E-state index contributed by atoms with van der Waals surface area (Å²) in [6, 6.07) is -0.561.